The third-order valence-corrected chi connectivity index (χ3v) is 7.69. The minimum atomic E-state index is -3.75. The second kappa shape index (κ2) is 9.62. The molecule has 0 saturated carbocycles. The lowest BCUT2D eigenvalue weighted by Crippen LogP contribution is -2.48. The van der Waals surface area contributed by atoms with Crippen LogP contribution in [0.25, 0.3) is 0 Å². The number of ether oxygens (including phenoxy) is 1. The van der Waals surface area contributed by atoms with Gasteiger partial charge in [0.25, 0.3) is 5.91 Å². The maximum absolute atomic E-state index is 13.2. The molecule has 4 rings (SSSR count). The van der Waals surface area contributed by atoms with Crippen molar-refractivity contribution in [2.45, 2.75) is 50.2 Å². The van der Waals surface area contributed by atoms with Crippen molar-refractivity contribution in [2.24, 2.45) is 0 Å². The van der Waals surface area contributed by atoms with Gasteiger partial charge in [-0.3, -0.25) is 9.59 Å². The van der Waals surface area contributed by atoms with E-state index in [-0.39, 0.29) is 41.7 Å². The largest absolute Gasteiger partial charge is 0.373 e. The first kappa shape index (κ1) is 23.4. The molecule has 9 heteroatoms. The number of rotatable bonds is 5. The second-order valence-electron chi connectivity index (χ2n) is 8.61. The molecule has 33 heavy (non-hydrogen) atoms. The number of nitrogens with zero attached hydrogens (tertiary/aromatic N) is 2. The summed E-state index contributed by atoms with van der Waals surface area (Å²) in [5.74, 6) is -0.340. The van der Waals surface area contributed by atoms with Gasteiger partial charge >= 0.3 is 0 Å². The Bertz CT molecular complexity index is 1140. The van der Waals surface area contributed by atoms with E-state index in [0.717, 1.165) is 18.5 Å². The molecule has 2 unspecified atom stereocenters. The van der Waals surface area contributed by atoms with Crippen molar-refractivity contribution in [3.63, 3.8) is 0 Å². The van der Waals surface area contributed by atoms with Gasteiger partial charge in [0, 0.05) is 43.0 Å². The molecule has 2 saturated heterocycles. The first-order valence-electron chi connectivity index (χ1n) is 11.2. The van der Waals surface area contributed by atoms with Gasteiger partial charge in [0.2, 0.25) is 15.9 Å². The molecule has 0 aliphatic carbocycles. The van der Waals surface area contributed by atoms with E-state index in [1.54, 1.807) is 35.2 Å². The summed E-state index contributed by atoms with van der Waals surface area (Å²) >= 11 is 0. The van der Waals surface area contributed by atoms with Crippen LogP contribution < -0.4 is 10.2 Å². The third-order valence-electron chi connectivity index (χ3n) is 5.86. The number of morpholine rings is 1. The Morgan fingerprint density at radius 2 is 1.76 bits per heavy atom. The summed E-state index contributed by atoms with van der Waals surface area (Å²) in [5.41, 5.74) is 1.52. The van der Waals surface area contributed by atoms with Crippen molar-refractivity contribution in [3.8, 4) is 0 Å². The van der Waals surface area contributed by atoms with E-state index in [4.69, 9.17) is 4.74 Å². The van der Waals surface area contributed by atoms with Crippen LogP contribution in [0.4, 0.5) is 11.4 Å². The SMILES string of the molecule is CC1CN(S(=O)(=O)c2cccc(C(=O)Nc3cccc(N4CCCCC4=O)c3)c2)CC(C)O1. The molecule has 2 aliphatic rings. The molecule has 0 aromatic heterocycles. The van der Waals surface area contributed by atoms with E-state index in [9.17, 15) is 18.0 Å². The van der Waals surface area contributed by atoms with E-state index in [1.165, 1.54) is 16.4 Å². The normalized spacial score (nSPS) is 22.2. The van der Waals surface area contributed by atoms with Crippen molar-refractivity contribution in [3.05, 3.63) is 54.1 Å². The summed E-state index contributed by atoms with van der Waals surface area (Å²) in [7, 11) is -3.75. The van der Waals surface area contributed by atoms with Gasteiger partial charge in [-0.05, 0) is 63.1 Å². The molecule has 8 nitrogen and oxygen atoms in total. The fraction of sp³-hybridized carbons (Fsp3) is 0.417. The lowest BCUT2D eigenvalue weighted by atomic mass is 10.1. The van der Waals surface area contributed by atoms with Crippen molar-refractivity contribution in [1.29, 1.82) is 0 Å². The standard InChI is InChI=1S/C24H29N3O5S/c1-17-15-26(16-18(2)32-17)33(30,31)22-10-5-7-19(13-22)24(29)25-20-8-6-9-21(14-20)27-12-4-3-11-23(27)28/h5-10,13-14,17-18H,3-4,11-12,15-16H2,1-2H3,(H,25,29). The van der Waals surface area contributed by atoms with Gasteiger partial charge in [-0.15, -0.1) is 0 Å². The van der Waals surface area contributed by atoms with Crippen LogP contribution in [0.15, 0.2) is 53.4 Å². The Balaban J connectivity index is 1.52. The van der Waals surface area contributed by atoms with Crippen LogP contribution in [0.5, 0.6) is 0 Å². The van der Waals surface area contributed by atoms with Gasteiger partial charge in [0.1, 0.15) is 0 Å². The third kappa shape index (κ3) is 5.26. The zero-order valence-corrected chi connectivity index (χ0v) is 19.7. The number of carbonyl (C=O) groups excluding carboxylic acids is 2. The van der Waals surface area contributed by atoms with Crippen molar-refractivity contribution >= 4 is 33.2 Å². The first-order valence-corrected chi connectivity index (χ1v) is 12.7. The fourth-order valence-electron chi connectivity index (χ4n) is 4.31. The van der Waals surface area contributed by atoms with Crippen LogP contribution in [-0.2, 0) is 19.6 Å². The van der Waals surface area contributed by atoms with Crippen LogP contribution in [-0.4, -0.2) is 56.4 Å². The molecular formula is C24H29N3O5S. The topological polar surface area (TPSA) is 96.0 Å². The highest BCUT2D eigenvalue weighted by molar-refractivity contribution is 7.89. The summed E-state index contributed by atoms with van der Waals surface area (Å²) < 4.78 is 33.4. The maximum atomic E-state index is 13.2. The molecule has 2 aliphatic heterocycles. The molecule has 0 radical (unpaired) electrons. The van der Waals surface area contributed by atoms with Gasteiger partial charge < -0.3 is 15.0 Å². The van der Waals surface area contributed by atoms with Crippen molar-refractivity contribution in [2.75, 3.05) is 29.9 Å². The number of sulfonamides is 1. The molecule has 2 heterocycles. The molecule has 0 bridgehead atoms. The minimum absolute atomic E-state index is 0.0733. The summed E-state index contributed by atoms with van der Waals surface area (Å²) in [6.45, 7) is 4.88. The highest BCUT2D eigenvalue weighted by Crippen LogP contribution is 2.25. The monoisotopic (exact) mass is 471 g/mol. The second-order valence-corrected chi connectivity index (χ2v) is 10.6. The molecular weight excluding hydrogens is 442 g/mol. The molecule has 1 N–H and O–H groups in total. The predicted octanol–water partition coefficient (Wildman–Crippen LogP) is 3.25. The Labute approximate surface area is 194 Å². The van der Waals surface area contributed by atoms with E-state index in [2.05, 4.69) is 5.32 Å². The first-order chi connectivity index (χ1) is 15.7. The number of hydrogen-bond acceptors (Lipinski definition) is 5. The van der Waals surface area contributed by atoms with Crippen LogP contribution in [0.2, 0.25) is 0 Å². The van der Waals surface area contributed by atoms with Crippen LogP contribution in [0.1, 0.15) is 43.5 Å². The van der Waals surface area contributed by atoms with Crippen LogP contribution >= 0.6 is 0 Å². The lowest BCUT2D eigenvalue weighted by Gasteiger charge is -2.34. The number of hydrogen-bond donors (Lipinski definition) is 1. The van der Waals surface area contributed by atoms with Gasteiger partial charge in [-0.25, -0.2) is 8.42 Å². The molecule has 2 aromatic carbocycles. The highest BCUT2D eigenvalue weighted by atomic mass is 32.2. The van der Waals surface area contributed by atoms with E-state index < -0.39 is 15.9 Å². The Morgan fingerprint density at radius 3 is 2.48 bits per heavy atom. The Morgan fingerprint density at radius 1 is 1.03 bits per heavy atom. The molecule has 2 fully saturated rings. The van der Waals surface area contributed by atoms with Gasteiger partial charge in [0.15, 0.2) is 0 Å². The summed E-state index contributed by atoms with van der Waals surface area (Å²) in [6, 6.07) is 13.2. The quantitative estimate of drug-likeness (QED) is 0.722. The average Bonchev–Trinajstić information content (AvgIpc) is 2.79. The summed E-state index contributed by atoms with van der Waals surface area (Å²) in [6.07, 6.45) is 1.97. The maximum Gasteiger partial charge on any atom is 0.255 e. The van der Waals surface area contributed by atoms with Crippen LogP contribution in [0, 0.1) is 0 Å². The number of nitrogens with one attached hydrogen (secondary N) is 1. The Kier molecular flexibility index (Phi) is 6.83. The zero-order chi connectivity index (χ0) is 23.6. The molecule has 0 spiro atoms. The smallest absolute Gasteiger partial charge is 0.255 e. The van der Waals surface area contributed by atoms with E-state index in [0.29, 0.717) is 18.7 Å². The van der Waals surface area contributed by atoms with Crippen molar-refractivity contribution in [1.82, 2.24) is 4.31 Å². The predicted molar refractivity (Wildman–Crippen MR) is 126 cm³/mol. The molecule has 176 valence electrons. The van der Waals surface area contributed by atoms with E-state index >= 15 is 0 Å². The van der Waals surface area contributed by atoms with Crippen LogP contribution in [0.3, 0.4) is 0 Å². The molecule has 2 atom stereocenters. The fourth-order valence-corrected chi connectivity index (χ4v) is 5.94. The average molecular weight is 472 g/mol. The number of amides is 2. The van der Waals surface area contributed by atoms with Gasteiger partial charge in [-0.2, -0.15) is 4.31 Å². The molecule has 2 aromatic rings. The number of carbonyl (C=O) groups is 2. The summed E-state index contributed by atoms with van der Waals surface area (Å²) in [5, 5.41) is 2.82. The molecule has 2 amide bonds. The van der Waals surface area contributed by atoms with Gasteiger partial charge in [0.05, 0.1) is 17.1 Å². The number of piperidine rings is 1. The highest BCUT2D eigenvalue weighted by Gasteiger charge is 2.32. The lowest BCUT2D eigenvalue weighted by molar-refractivity contribution is -0.119. The number of benzene rings is 2. The van der Waals surface area contributed by atoms with Gasteiger partial charge in [-0.1, -0.05) is 12.1 Å². The van der Waals surface area contributed by atoms with Crippen molar-refractivity contribution < 1.29 is 22.7 Å². The Hall–Kier alpha value is -2.75. The zero-order valence-electron chi connectivity index (χ0n) is 18.9. The summed E-state index contributed by atoms with van der Waals surface area (Å²) in [4.78, 5) is 26.9. The van der Waals surface area contributed by atoms with E-state index in [1.807, 2.05) is 19.9 Å². The number of anilines is 2. The minimum Gasteiger partial charge on any atom is -0.373 e.